The number of benzene rings is 1. The third-order valence-corrected chi connectivity index (χ3v) is 4.15. The summed E-state index contributed by atoms with van der Waals surface area (Å²) in [5, 5.41) is 5.48. The van der Waals surface area contributed by atoms with Gasteiger partial charge in [0, 0.05) is 31.0 Å². The van der Waals surface area contributed by atoms with Gasteiger partial charge in [0.1, 0.15) is 0 Å². The number of carbonyl (C=O) groups is 2. The molecule has 0 aliphatic heterocycles. The minimum atomic E-state index is -0.235. The van der Waals surface area contributed by atoms with E-state index in [0.29, 0.717) is 12.1 Å². The molecular formula is C20H28N4O2. The van der Waals surface area contributed by atoms with Crippen LogP contribution < -0.4 is 10.6 Å². The Morgan fingerprint density at radius 3 is 2.42 bits per heavy atom. The first kappa shape index (κ1) is 19.7. The van der Waals surface area contributed by atoms with Crippen LogP contribution in [0.5, 0.6) is 0 Å². The summed E-state index contributed by atoms with van der Waals surface area (Å²) in [6.45, 7) is 7.85. The average Bonchev–Trinajstić information content (AvgIpc) is 3.12. The Morgan fingerprint density at radius 2 is 1.81 bits per heavy atom. The second-order valence-corrected chi connectivity index (χ2v) is 7.37. The Hall–Kier alpha value is -2.63. The standard InChI is InChI=1S/C20H28N4O2/c1-20(2,3)17-8-6-16(7-9-17)19(26)23-14-18(25)22-10-4-5-12-24-13-11-21-15-24/h6-9,11,13,15H,4-5,10,12,14H2,1-3H3,(H,22,25)(H,23,26). The Kier molecular flexibility index (Phi) is 6.95. The average molecular weight is 356 g/mol. The fraction of sp³-hybridized carbons (Fsp3) is 0.450. The van der Waals surface area contributed by atoms with Crippen LogP contribution in [-0.2, 0) is 16.8 Å². The number of hydrogen-bond acceptors (Lipinski definition) is 3. The number of rotatable bonds is 8. The van der Waals surface area contributed by atoms with Crippen molar-refractivity contribution in [2.75, 3.05) is 13.1 Å². The van der Waals surface area contributed by atoms with Gasteiger partial charge in [0.25, 0.3) is 5.91 Å². The van der Waals surface area contributed by atoms with E-state index in [-0.39, 0.29) is 23.8 Å². The molecule has 2 amide bonds. The summed E-state index contributed by atoms with van der Waals surface area (Å²) in [6, 6.07) is 7.50. The van der Waals surface area contributed by atoms with Gasteiger partial charge in [0.05, 0.1) is 12.9 Å². The lowest BCUT2D eigenvalue weighted by atomic mass is 9.87. The minimum absolute atomic E-state index is 0.0125. The zero-order valence-corrected chi connectivity index (χ0v) is 15.8. The summed E-state index contributed by atoms with van der Waals surface area (Å²) < 4.78 is 2.01. The van der Waals surface area contributed by atoms with Crippen LogP contribution in [0.4, 0.5) is 0 Å². The van der Waals surface area contributed by atoms with Gasteiger partial charge < -0.3 is 15.2 Å². The van der Waals surface area contributed by atoms with Crippen molar-refractivity contribution in [3.8, 4) is 0 Å². The van der Waals surface area contributed by atoms with Gasteiger partial charge in [-0.1, -0.05) is 32.9 Å². The first-order chi connectivity index (χ1) is 12.4. The molecule has 0 saturated heterocycles. The molecule has 0 aliphatic rings. The van der Waals surface area contributed by atoms with E-state index >= 15 is 0 Å². The third-order valence-electron chi connectivity index (χ3n) is 4.15. The molecule has 2 aromatic rings. The van der Waals surface area contributed by atoms with Crippen LogP contribution in [0.3, 0.4) is 0 Å². The molecule has 0 atom stereocenters. The molecule has 0 spiro atoms. The predicted molar refractivity (Wildman–Crippen MR) is 102 cm³/mol. The van der Waals surface area contributed by atoms with Crippen molar-refractivity contribution < 1.29 is 9.59 Å². The fourth-order valence-electron chi connectivity index (χ4n) is 2.51. The number of nitrogens with zero attached hydrogens (tertiary/aromatic N) is 2. The van der Waals surface area contributed by atoms with Crippen molar-refractivity contribution in [3.63, 3.8) is 0 Å². The number of imidazole rings is 1. The lowest BCUT2D eigenvalue weighted by Crippen LogP contribution is -2.37. The maximum Gasteiger partial charge on any atom is 0.251 e. The summed E-state index contributed by atoms with van der Waals surface area (Å²) in [5.41, 5.74) is 1.78. The molecule has 26 heavy (non-hydrogen) atoms. The molecule has 2 N–H and O–H groups in total. The highest BCUT2D eigenvalue weighted by atomic mass is 16.2. The molecule has 0 fully saturated rings. The number of hydrogen-bond donors (Lipinski definition) is 2. The maximum absolute atomic E-state index is 12.1. The Labute approximate surface area is 155 Å². The summed E-state index contributed by atoms with van der Waals surface area (Å²) in [7, 11) is 0. The van der Waals surface area contributed by atoms with E-state index in [1.807, 2.05) is 22.9 Å². The molecule has 6 nitrogen and oxygen atoms in total. The van der Waals surface area contributed by atoms with Gasteiger partial charge >= 0.3 is 0 Å². The molecule has 6 heteroatoms. The molecule has 1 heterocycles. The van der Waals surface area contributed by atoms with E-state index in [1.165, 1.54) is 5.56 Å². The van der Waals surface area contributed by atoms with E-state index in [0.717, 1.165) is 19.4 Å². The van der Waals surface area contributed by atoms with Crippen molar-refractivity contribution in [2.24, 2.45) is 0 Å². The Bertz CT molecular complexity index is 700. The zero-order valence-electron chi connectivity index (χ0n) is 15.8. The number of aromatic nitrogens is 2. The summed E-state index contributed by atoms with van der Waals surface area (Å²) in [5.74, 6) is -0.409. The lowest BCUT2D eigenvalue weighted by molar-refractivity contribution is -0.120. The van der Waals surface area contributed by atoms with Crippen molar-refractivity contribution >= 4 is 11.8 Å². The molecular weight excluding hydrogens is 328 g/mol. The summed E-state index contributed by atoms with van der Waals surface area (Å²) in [4.78, 5) is 27.9. The molecule has 0 aliphatic carbocycles. The minimum Gasteiger partial charge on any atom is -0.355 e. The van der Waals surface area contributed by atoms with Gasteiger partial charge in [-0.15, -0.1) is 0 Å². The molecule has 1 aromatic carbocycles. The second kappa shape index (κ2) is 9.17. The van der Waals surface area contributed by atoms with Crippen molar-refractivity contribution in [1.82, 2.24) is 20.2 Å². The van der Waals surface area contributed by atoms with Crippen molar-refractivity contribution in [1.29, 1.82) is 0 Å². The highest BCUT2D eigenvalue weighted by molar-refractivity contribution is 5.96. The lowest BCUT2D eigenvalue weighted by Gasteiger charge is -2.19. The number of aryl methyl sites for hydroxylation is 1. The largest absolute Gasteiger partial charge is 0.355 e. The summed E-state index contributed by atoms with van der Waals surface area (Å²) in [6.07, 6.45) is 7.29. The van der Waals surface area contributed by atoms with E-state index in [4.69, 9.17) is 0 Å². The molecule has 0 bridgehead atoms. The van der Waals surface area contributed by atoms with E-state index < -0.39 is 0 Å². The highest BCUT2D eigenvalue weighted by Crippen LogP contribution is 2.22. The van der Waals surface area contributed by atoms with Gasteiger partial charge in [-0.05, 0) is 36.0 Å². The molecule has 0 saturated carbocycles. The van der Waals surface area contributed by atoms with E-state index in [2.05, 4.69) is 36.4 Å². The van der Waals surface area contributed by atoms with Crippen LogP contribution in [0.2, 0.25) is 0 Å². The quantitative estimate of drug-likeness (QED) is 0.714. The van der Waals surface area contributed by atoms with E-state index in [9.17, 15) is 9.59 Å². The van der Waals surface area contributed by atoms with Crippen LogP contribution in [0.1, 0.15) is 49.5 Å². The molecule has 0 radical (unpaired) electrons. The predicted octanol–water partition coefficient (Wildman–Crippen LogP) is 2.51. The smallest absolute Gasteiger partial charge is 0.251 e. The Morgan fingerprint density at radius 1 is 1.08 bits per heavy atom. The summed E-state index contributed by atoms with van der Waals surface area (Å²) >= 11 is 0. The highest BCUT2D eigenvalue weighted by Gasteiger charge is 2.14. The fourth-order valence-corrected chi connectivity index (χ4v) is 2.51. The first-order valence-corrected chi connectivity index (χ1v) is 8.97. The zero-order chi connectivity index (χ0) is 19.0. The van der Waals surface area contributed by atoms with Crippen molar-refractivity contribution in [3.05, 3.63) is 54.1 Å². The monoisotopic (exact) mass is 356 g/mol. The molecule has 1 aromatic heterocycles. The third kappa shape index (κ3) is 6.35. The van der Waals surface area contributed by atoms with Crippen LogP contribution in [0.25, 0.3) is 0 Å². The Balaban J connectivity index is 1.64. The van der Waals surface area contributed by atoms with Crippen LogP contribution in [-0.4, -0.2) is 34.5 Å². The number of unbranched alkanes of at least 4 members (excludes halogenated alkanes) is 1. The SMILES string of the molecule is CC(C)(C)c1ccc(C(=O)NCC(=O)NCCCCn2ccnc2)cc1. The number of nitrogens with one attached hydrogen (secondary N) is 2. The normalized spacial score (nSPS) is 11.2. The van der Waals surface area contributed by atoms with Gasteiger partial charge in [0.2, 0.25) is 5.91 Å². The number of amides is 2. The van der Waals surface area contributed by atoms with Crippen LogP contribution in [0.15, 0.2) is 43.0 Å². The molecule has 2 rings (SSSR count). The molecule has 0 unspecified atom stereocenters. The van der Waals surface area contributed by atoms with Crippen molar-refractivity contribution in [2.45, 2.75) is 45.6 Å². The number of carbonyl (C=O) groups excluding carboxylic acids is 2. The first-order valence-electron chi connectivity index (χ1n) is 8.97. The van der Waals surface area contributed by atoms with E-state index in [1.54, 1.807) is 24.7 Å². The second-order valence-electron chi connectivity index (χ2n) is 7.37. The van der Waals surface area contributed by atoms with Crippen LogP contribution >= 0.6 is 0 Å². The van der Waals surface area contributed by atoms with Crippen LogP contribution in [0, 0.1) is 0 Å². The topological polar surface area (TPSA) is 76.0 Å². The van der Waals surface area contributed by atoms with Gasteiger partial charge in [0.15, 0.2) is 0 Å². The van der Waals surface area contributed by atoms with Gasteiger partial charge in [-0.2, -0.15) is 0 Å². The molecule has 140 valence electrons. The van der Waals surface area contributed by atoms with Gasteiger partial charge in [-0.3, -0.25) is 9.59 Å². The van der Waals surface area contributed by atoms with Gasteiger partial charge in [-0.25, -0.2) is 4.98 Å². The maximum atomic E-state index is 12.1.